The molecular formula is C18H24Cl2N2O3. The van der Waals surface area contributed by atoms with Crippen LogP contribution in [0.25, 0.3) is 0 Å². The van der Waals surface area contributed by atoms with E-state index in [2.05, 4.69) is 12.2 Å². The second-order valence-corrected chi connectivity index (χ2v) is 7.24. The zero-order chi connectivity index (χ0) is 18.2. The lowest BCUT2D eigenvalue weighted by Crippen LogP contribution is -2.48. The summed E-state index contributed by atoms with van der Waals surface area (Å²) in [5.74, 6) is 0.267. The monoisotopic (exact) mass is 386 g/mol. The van der Waals surface area contributed by atoms with Gasteiger partial charge in [-0.2, -0.15) is 0 Å². The van der Waals surface area contributed by atoms with Gasteiger partial charge in [0.15, 0.2) is 11.4 Å². The van der Waals surface area contributed by atoms with Gasteiger partial charge in [-0.15, -0.1) is 0 Å². The average Bonchev–Trinajstić information content (AvgIpc) is 2.61. The fourth-order valence-electron chi connectivity index (χ4n) is 2.81. The number of hydrogen-bond donors (Lipinski definition) is 1. The van der Waals surface area contributed by atoms with Crippen LogP contribution in [0.1, 0.15) is 31.7 Å². The molecule has 2 rings (SSSR count). The van der Waals surface area contributed by atoms with E-state index in [0.29, 0.717) is 31.7 Å². The number of amides is 2. The molecule has 1 N–H and O–H groups in total. The van der Waals surface area contributed by atoms with Crippen molar-refractivity contribution in [2.75, 3.05) is 19.7 Å². The normalized spacial score (nSPS) is 15.3. The zero-order valence-corrected chi connectivity index (χ0v) is 15.9. The predicted molar refractivity (Wildman–Crippen MR) is 99.2 cm³/mol. The molecule has 1 aromatic rings. The molecule has 2 amide bonds. The largest absolute Gasteiger partial charge is 0.484 e. The quantitative estimate of drug-likeness (QED) is 0.732. The van der Waals surface area contributed by atoms with Crippen LogP contribution in [0.4, 0.5) is 0 Å². The fraction of sp³-hybridized carbons (Fsp3) is 0.556. The van der Waals surface area contributed by atoms with Crippen molar-refractivity contribution in [3.8, 4) is 5.75 Å². The minimum absolute atomic E-state index is 0.00331. The van der Waals surface area contributed by atoms with Crippen LogP contribution in [0.15, 0.2) is 24.3 Å². The van der Waals surface area contributed by atoms with Crippen molar-refractivity contribution in [3.05, 3.63) is 29.8 Å². The highest BCUT2D eigenvalue weighted by atomic mass is 35.5. The molecule has 7 heteroatoms. The Labute approximate surface area is 158 Å². The van der Waals surface area contributed by atoms with E-state index in [-0.39, 0.29) is 24.5 Å². The van der Waals surface area contributed by atoms with E-state index in [1.165, 1.54) is 5.56 Å². The zero-order valence-electron chi connectivity index (χ0n) is 14.3. The third kappa shape index (κ3) is 6.40. The highest BCUT2D eigenvalue weighted by Gasteiger charge is 2.25. The molecule has 0 aliphatic carbocycles. The predicted octanol–water partition coefficient (Wildman–Crippen LogP) is 2.93. The van der Waals surface area contributed by atoms with E-state index in [1.54, 1.807) is 4.90 Å². The maximum atomic E-state index is 12.2. The molecule has 1 aromatic carbocycles. The summed E-state index contributed by atoms with van der Waals surface area (Å²) in [7, 11) is 0. The maximum absolute atomic E-state index is 12.2. The van der Waals surface area contributed by atoms with Crippen molar-refractivity contribution in [3.63, 3.8) is 0 Å². The maximum Gasteiger partial charge on any atom is 0.260 e. The van der Waals surface area contributed by atoms with Crippen LogP contribution in [0.5, 0.6) is 5.75 Å². The SMILES string of the molecule is CCCc1ccc(OCC(=O)N2CCC(NC(=O)C(Cl)Cl)CC2)cc1. The fourth-order valence-corrected chi connectivity index (χ4v) is 2.94. The lowest BCUT2D eigenvalue weighted by molar-refractivity contribution is -0.134. The first-order valence-corrected chi connectivity index (χ1v) is 9.45. The van der Waals surface area contributed by atoms with Crippen LogP contribution >= 0.6 is 23.2 Å². The Morgan fingerprint density at radius 1 is 1.24 bits per heavy atom. The van der Waals surface area contributed by atoms with Crippen molar-refractivity contribution in [2.24, 2.45) is 0 Å². The Morgan fingerprint density at radius 2 is 1.88 bits per heavy atom. The standard InChI is InChI=1S/C18H24Cl2N2O3/c1-2-3-13-4-6-15(7-5-13)25-12-16(23)22-10-8-14(9-11-22)21-18(24)17(19)20/h4-7,14,17H,2-3,8-12H2,1H3,(H,21,24). The lowest BCUT2D eigenvalue weighted by atomic mass is 10.1. The van der Waals surface area contributed by atoms with Gasteiger partial charge in [-0.3, -0.25) is 9.59 Å². The Balaban J connectivity index is 1.72. The number of carbonyl (C=O) groups excluding carboxylic acids is 2. The number of benzene rings is 1. The molecule has 1 aliphatic rings. The first-order chi connectivity index (χ1) is 12.0. The van der Waals surface area contributed by atoms with Crippen LogP contribution in [0.3, 0.4) is 0 Å². The summed E-state index contributed by atoms with van der Waals surface area (Å²) in [5.41, 5.74) is 1.27. The van der Waals surface area contributed by atoms with Crippen molar-refractivity contribution in [1.29, 1.82) is 0 Å². The number of likely N-dealkylation sites (tertiary alicyclic amines) is 1. The molecular weight excluding hydrogens is 363 g/mol. The number of nitrogens with one attached hydrogen (secondary N) is 1. The van der Waals surface area contributed by atoms with Crippen LogP contribution in [0.2, 0.25) is 0 Å². The van der Waals surface area contributed by atoms with Crippen molar-refractivity contribution >= 4 is 35.0 Å². The summed E-state index contributed by atoms with van der Waals surface area (Å²) in [6, 6.07) is 7.85. The van der Waals surface area contributed by atoms with Gasteiger partial charge < -0.3 is 15.0 Å². The first-order valence-electron chi connectivity index (χ1n) is 8.57. The van der Waals surface area contributed by atoms with Crippen molar-refractivity contribution in [2.45, 2.75) is 43.5 Å². The number of rotatable bonds is 7. The molecule has 5 nitrogen and oxygen atoms in total. The Bertz CT molecular complexity index is 570. The second kappa shape index (κ2) is 9.88. The Hall–Kier alpha value is -1.46. The summed E-state index contributed by atoms with van der Waals surface area (Å²) >= 11 is 11.1. The molecule has 1 fully saturated rings. The van der Waals surface area contributed by atoms with Gasteiger partial charge in [0.1, 0.15) is 5.75 Å². The molecule has 1 aliphatic heterocycles. The second-order valence-electron chi connectivity index (χ2n) is 6.15. The number of nitrogens with zero attached hydrogens (tertiary/aromatic N) is 1. The minimum Gasteiger partial charge on any atom is -0.484 e. The molecule has 0 spiro atoms. The molecule has 1 saturated heterocycles. The van der Waals surface area contributed by atoms with Gasteiger partial charge >= 0.3 is 0 Å². The number of hydrogen-bond acceptors (Lipinski definition) is 3. The van der Waals surface area contributed by atoms with Crippen molar-refractivity contribution < 1.29 is 14.3 Å². The number of piperidine rings is 1. The third-order valence-electron chi connectivity index (χ3n) is 4.22. The van der Waals surface area contributed by atoms with Crippen molar-refractivity contribution in [1.82, 2.24) is 10.2 Å². The van der Waals surface area contributed by atoms with Gasteiger partial charge in [0, 0.05) is 19.1 Å². The van der Waals surface area contributed by atoms with Gasteiger partial charge in [0.2, 0.25) is 0 Å². The van der Waals surface area contributed by atoms with Gasteiger partial charge in [-0.05, 0) is 37.0 Å². The van der Waals surface area contributed by atoms with E-state index in [0.717, 1.165) is 12.8 Å². The molecule has 0 saturated carbocycles. The molecule has 25 heavy (non-hydrogen) atoms. The van der Waals surface area contributed by atoms with Gasteiger partial charge in [-0.1, -0.05) is 48.7 Å². The van der Waals surface area contributed by atoms with E-state index in [4.69, 9.17) is 27.9 Å². The van der Waals surface area contributed by atoms with Gasteiger partial charge in [0.25, 0.3) is 11.8 Å². The first kappa shape index (κ1) is 19.9. The van der Waals surface area contributed by atoms with E-state index >= 15 is 0 Å². The van der Waals surface area contributed by atoms with E-state index in [9.17, 15) is 9.59 Å². The van der Waals surface area contributed by atoms with E-state index in [1.807, 2.05) is 24.3 Å². The van der Waals surface area contributed by atoms with Crippen LogP contribution in [0, 0.1) is 0 Å². The molecule has 0 aromatic heterocycles. The van der Waals surface area contributed by atoms with Crippen LogP contribution < -0.4 is 10.1 Å². The number of halogens is 2. The van der Waals surface area contributed by atoms with Gasteiger partial charge in [0.05, 0.1) is 0 Å². The molecule has 0 unspecified atom stereocenters. The Morgan fingerprint density at radius 3 is 2.44 bits per heavy atom. The topological polar surface area (TPSA) is 58.6 Å². The highest BCUT2D eigenvalue weighted by molar-refractivity contribution is 6.53. The number of aryl methyl sites for hydroxylation is 1. The molecule has 0 radical (unpaired) electrons. The number of alkyl halides is 2. The van der Waals surface area contributed by atoms with E-state index < -0.39 is 4.84 Å². The third-order valence-corrected chi connectivity index (χ3v) is 4.61. The minimum atomic E-state index is -1.06. The van der Waals surface area contributed by atoms with Crippen LogP contribution in [-0.4, -0.2) is 47.3 Å². The molecule has 0 atom stereocenters. The molecule has 0 bridgehead atoms. The summed E-state index contributed by atoms with van der Waals surface area (Å²) in [5, 5.41) is 2.78. The van der Waals surface area contributed by atoms with Crippen LogP contribution in [-0.2, 0) is 16.0 Å². The smallest absolute Gasteiger partial charge is 0.260 e. The molecule has 1 heterocycles. The lowest BCUT2D eigenvalue weighted by Gasteiger charge is -2.32. The highest BCUT2D eigenvalue weighted by Crippen LogP contribution is 2.15. The number of carbonyl (C=O) groups is 2. The Kier molecular flexibility index (Phi) is 7.85. The number of ether oxygens (including phenoxy) is 1. The van der Waals surface area contributed by atoms with Gasteiger partial charge in [-0.25, -0.2) is 0 Å². The summed E-state index contributed by atoms with van der Waals surface area (Å²) < 4.78 is 5.58. The molecule has 138 valence electrons. The summed E-state index contributed by atoms with van der Waals surface area (Å²) in [6.45, 7) is 3.33. The average molecular weight is 387 g/mol. The summed E-state index contributed by atoms with van der Waals surface area (Å²) in [6.07, 6.45) is 3.51. The summed E-state index contributed by atoms with van der Waals surface area (Å²) in [4.78, 5) is 24.4.